The van der Waals surface area contributed by atoms with Crippen LogP contribution in [0.3, 0.4) is 0 Å². The molecule has 4 nitrogen and oxygen atoms in total. The van der Waals surface area contributed by atoms with Crippen molar-refractivity contribution in [3.8, 4) is 0 Å². The van der Waals surface area contributed by atoms with Gasteiger partial charge in [-0.2, -0.15) is 11.8 Å². The second kappa shape index (κ2) is 6.53. The highest BCUT2D eigenvalue weighted by atomic mass is 32.2. The molecular formula is C15H28N2O2S. The first-order valence-corrected chi connectivity index (χ1v) is 9.21. The van der Waals surface area contributed by atoms with Crippen molar-refractivity contribution in [3.63, 3.8) is 0 Å². The largest absolute Gasteiger partial charge is 0.375 e. The van der Waals surface area contributed by atoms with Gasteiger partial charge in [-0.3, -0.25) is 11.3 Å². The third-order valence-corrected chi connectivity index (χ3v) is 6.29. The molecular weight excluding hydrogens is 272 g/mol. The number of thioether (sulfide) groups is 1. The van der Waals surface area contributed by atoms with Crippen LogP contribution in [0.25, 0.3) is 0 Å². The maximum Gasteiger partial charge on any atom is 0.0748 e. The van der Waals surface area contributed by atoms with Gasteiger partial charge in [0.1, 0.15) is 0 Å². The zero-order valence-corrected chi connectivity index (χ0v) is 13.3. The Labute approximate surface area is 126 Å². The maximum atomic E-state index is 6.19. The minimum atomic E-state index is 0.132. The van der Waals surface area contributed by atoms with Gasteiger partial charge in [0.15, 0.2) is 0 Å². The molecule has 3 aliphatic heterocycles. The summed E-state index contributed by atoms with van der Waals surface area (Å²) in [6.07, 6.45) is 7.63. The molecule has 3 aliphatic rings. The lowest BCUT2D eigenvalue weighted by Gasteiger charge is -2.46. The SMILES string of the molecule is CC1CCC(C(NN)C2CCOC3(CCSCC3)C2)O1. The molecule has 0 aromatic rings. The van der Waals surface area contributed by atoms with Crippen molar-refractivity contribution in [2.24, 2.45) is 11.8 Å². The van der Waals surface area contributed by atoms with Gasteiger partial charge in [0.2, 0.25) is 0 Å². The van der Waals surface area contributed by atoms with E-state index in [1.54, 1.807) is 0 Å². The van der Waals surface area contributed by atoms with Gasteiger partial charge in [-0.1, -0.05) is 0 Å². The fourth-order valence-corrected chi connectivity index (χ4v) is 5.35. The molecule has 1 spiro atoms. The average molecular weight is 300 g/mol. The molecule has 3 N–H and O–H groups in total. The van der Waals surface area contributed by atoms with E-state index in [1.807, 2.05) is 0 Å². The van der Waals surface area contributed by atoms with E-state index in [2.05, 4.69) is 24.1 Å². The van der Waals surface area contributed by atoms with Crippen LogP contribution < -0.4 is 11.3 Å². The number of hydrogen-bond donors (Lipinski definition) is 2. The Morgan fingerprint density at radius 2 is 2.05 bits per heavy atom. The third kappa shape index (κ3) is 3.17. The van der Waals surface area contributed by atoms with E-state index in [1.165, 1.54) is 24.3 Å². The van der Waals surface area contributed by atoms with E-state index < -0.39 is 0 Å². The summed E-state index contributed by atoms with van der Waals surface area (Å²) in [6, 6.07) is 0.287. The smallest absolute Gasteiger partial charge is 0.0748 e. The molecule has 0 amide bonds. The van der Waals surface area contributed by atoms with Gasteiger partial charge < -0.3 is 9.47 Å². The second-order valence-electron chi connectivity index (χ2n) is 6.65. The van der Waals surface area contributed by atoms with Crippen molar-refractivity contribution >= 4 is 11.8 Å². The molecule has 0 aromatic carbocycles. The molecule has 116 valence electrons. The standard InChI is InChI=1S/C15H28N2O2S/c1-11-2-3-13(19-11)14(17-16)12-4-7-18-15(10-12)5-8-20-9-6-15/h11-14,17H,2-10,16H2,1H3. The molecule has 4 atom stereocenters. The van der Waals surface area contributed by atoms with Crippen molar-refractivity contribution in [2.45, 2.75) is 69.3 Å². The highest BCUT2D eigenvalue weighted by Gasteiger charge is 2.43. The van der Waals surface area contributed by atoms with Gasteiger partial charge in [0.05, 0.1) is 23.9 Å². The lowest BCUT2D eigenvalue weighted by atomic mass is 9.77. The van der Waals surface area contributed by atoms with E-state index in [0.717, 1.165) is 32.3 Å². The van der Waals surface area contributed by atoms with Crippen molar-refractivity contribution < 1.29 is 9.47 Å². The molecule has 0 radical (unpaired) electrons. The Morgan fingerprint density at radius 3 is 2.70 bits per heavy atom. The van der Waals surface area contributed by atoms with Crippen molar-refractivity contribution in [3.05, 3.63) is 0 Å². The predicted molar refractivity (Wildman–Crippen MR) is 82.6 cm³/mol. The Bertz CT molecular complexity index is 317. The van der Waals surface area contributed by atoms with Gasteiger partial charge in [0, 0.05) is 6.61 Å². The summed E-state index contributed by atoms with van der Waals surface area (Å²) in [5.41, 5.74) is 3.20. The Kier molecular flexibility index (Phi) is 4.93. The Morgan fingerprint density at radius 1 is 1.25 bits per heavy atom. The average Bonchev–Trinajstić information content (AvgIpc) is 2.87. The minimum Gasteiger partial charge on any atom is -0.375 e. The molecule has 3 fully saturated rings. The number of rotatable bonds is 3. The fourth-order valence-electron chi connectivity index (χ4n) is 4.11. The molecule has 3 saturated heterocycles. The van der Waals surface area contributed by atoms with Crippen LogP contribution in [-0.2, 0) is 9.47 Å². The molecule has 0 bridgehead atoms. The summed E-state index contributed by atoms with van der Waals surface area (Å²) in [7, 11) is 0. The quantitative estimate of drug-likeness (QED) is 0.617. The summed E-state index contributed by atoms with van der Waals surface area (Å²) >= 11 is 2.06. The molecule has 3 rings (SSSR count). The monoisotopic (exact) mass is 300 g/mol. The highest BCUT2D eigenvalue weighted by Crippen LogP contribution is 2.42. The molecule has 0 aromatic heterocycles. The first-order chi connectivity index (χ1) is 9.72. The van der Waals surface area contributed by atoms with Crippen LogP contribution in [0.2, 0.25) is 0 Å². The molecule has 4 unspecified atom stereocenters. The first-order valence-electron chi connectivity index (χ1n) is 8.06. The normalized spacial score (nSPS) is 39.0. The number of hydrogen-bond acceptors (Lipinski definition) is 5. The van der Waals surface area contributed by atoms with E-state index in [4.69, 9.17) is 15.3 Å². The lowest BCUT2D eigenvalue weighted by molar-refractivity contribution is -0.115. The van der Waals surface area contributed by atoms with Crippen LogP contribution in [0.5, 0.6) is 0 Å². The minimum absolute atomic E-state index is 0.132. The van der Waals surface area contributed by atoms with Crippen LogP contribution in [0.1, 0.15) is 45.4 Å². The first kappa shape index (κ1) is 15.1. The predicted octanol–water partition coefficient (Wildman–Crippen LogP) is 2.08. The lowest BCUT2D eigenvalue weighted by Crippen LogP contribution is -2.54. The second-order valence-corrected chi connectivity index (χ2v) is 7.88. The van der Waals surface area contributed by atoms with Gasteiger partial charge in [-0.25, -0.2) is 0 Å². The number of nitrogens with one attached hydrogen (secondary N) is 1. The number of hydrazine groups is 1. The maximum absolute atomic E-state index is 6.19. The van der Waals surface area contributed by atoms with Crippen molar-refractivity contribution in [1.82, 2.24) is 5.43 Å². The molecule has 0 aliphatic carbocycles. The van der Waals surface area contributed by atoms with Crippen LogP contribution in [-0.4, -0.2) is 42.0 Å². The zero-order chi connectivity index (χ0) is 14.0. The zero-order valence-electron chi connectivity index (χ0n) is 12.5. The van der Waals surface area contributed by atoms with Crippen LogP contribution in [0.4, 0.5) is 0 Å². The Hall–Kier alpha value is 0.190. The van der Waals surface area contributed by atoms with Gasteiger partial charge >= 0.3 is 0 Å². The van der Waals surface area contributed by atoms with Crippen LogP contribution >= 0.6 is 11.8 Å². The molecule has 0 saturated carbocycles. The van der Waals surface area contributed by atoms with Gasteiger partial charge in [-0.15, -0.1) is 0 Å². The number of ether oxygens (including phenoxy) is 2. The summed E-state index contributed by atoms with van der Waals surface area (Å²) in [6.45, 7) is 3.05. The number of nitrogens with two attached hydrogens (primary N) is 1. The van der Waals surface area contributed by atoms with E-state index in [-0.39, 0.29) is 17.7 Å². The van der Waals surface area contributed by atoms with E-state index in [0.29, 0.717) is 12.0 Å². The molecule has 5 heteroatoms. The van der Waals surface area contributed by atoms with Gasteiger partial charge in [0.25, 0.3) is 0 Å². The third-order valence-electron chi connectivity index (χ3n) is 5.30. The van der Waals surface area contributed by atoms with Crippen molar-refractivity contribution in [1.29, 1.82) is 0 Å². The Balaban J connectivity index is 1.65. The van der Waals surface area contributed by atoms with Crippen molar-refractivity contribution in [2.75, 3.05) is 18.1 Å². The summed E-state index contributed by atoms with van der Waals surface area (Å²) in [5, 5.41) is 0. The highest BCUT2D eigenvalue weighted by molar-refractivity contribution is 7.99. The van der Waals surface area contributed by atoms with E-state index in [9.17, 15) is 0 Å². The van der Waals surface area contributed by atoms with E-state index >= 15 is 0 Å². The van der Waals surface area contributed by atoms with Crippen LogP contribution in [0.15, 0.2) is 0 Å². The topological polar surface area (TPSA) is 56.5 Å². The summed E-state index contributed by atoms with van der Waals surface area (Å²) < 4.78 is 12.2. The molecule has 20 heavy (non-hydrogen) atoms. The summed E-state index contributed by atoms with van der Waals surface area (Å²) in [5.74, 6) is 8.94. The van der Waals surface area contributed by atoms with Gasteiger partial charge in [-0.05, 0) is 62.9 Å². The molecule has 3 heterocycles. The fraction of sp³-hybridized carbons (Fsp3) is 1.00. The summed E-state index contributed by atoms with van der Waals surface area (Å²) in [4.78, 5) is 0. The van der Waals surface area contributed by atoms with Crippen LogP contribution in [0, 0.1) is 5.92 Å².